The molecule has 2 aromatic carbocycles. The lowest BCUT2D eigenvalue weighted by Crippen LogP contribution is -2.52. The second kappa shape index (κ2) is 9.37. The average Bonchev–Trinajstić information content (AvgIpc) is 2.72. The molecule has 1 aliphatic rings. The van der Waals surface area contributed by atoms with Crippen molar-refractivity contribution in [2.75, 3.05) is 37.6 Å². The zero-order chi connectivity index (χ0) is 19.1. The number of aliphatic hydroxyl groups is 1. The fourth-order valence-electron chi connectivity index (χ4n) is 3.32. The first-order chi connectivity index (χ1) is 13.2. The molecule has 5 nitrogen and oxygen atoms in total. The van der Waals surface area contributed by atoms with Crippen LogP contribution in [-0.2, 0) is 13.2 Å². The van der Waals surface area contributed by atoms with Crippen LogP contribution in [-0.4, -0.2) is 48.7 Å². The van der Waals surface area contributed by atoms with Gasteiger partial charge in [0.25, 0.3) is 0 Å². The van der Waals surface area contributed by atoms with Gasteiger partial charge < -0.3 is 20.2 Å². The van der Waals surface area contributed by atoms with Gasteiger partial charge in [0.1, 0.15) is 5.82 Å². The number of hydrogen-bond donors (Lipinski definition) is 2. The Morgan fingerprint density at radius 1 is 1.04 bits per heavy atom. The zero-order valence-electron chi connectivity index (χ0n) is 15.7. The van der Waals surface area contributed by atoms with Gasteiger partial charge >= 0.3 is 0 Å². The molecular weight excluding hydrogens is 343 g/mol. The van der Waals surface area contributed by atoms with Crippen molar-refractivity contribution in [3.05, 3.63) is 65.5 Å². The molecule has 1 heterocycles. The lowest BCUT2D eigenvalue weighted by Gasteiger charge is -2.37. The molecule has 0 amide bonds. The van der Waals surface area contributed by atoms with Gasteiger partial charge in [0.2, 0.25) is 0 Å². The number of para-hydroxylation sites is 1. The molecule has 0 atom stereocenters. The Kier molecular flexibility index (Phi) is 6.65. The van der Waals surface area contributed by atoms with Crippen LogP contribution in [0.5, 0.6) is 0 Å². The standard InChI is InChI=1S/C21H27FN4O/c1-2-23-21(24-15-17-7-3-4-8-18(17)16-27)26-13-11-25(12-14-26)20-10-6-5-9-19(20)22/h3-10,27H,2,11-16H2,1H3,(H,23,24). The van der Waals surface area contributed by atoms with Gasteiger partial charge in [-0.1, -0.05) is 36.4 Å². The third kappa shape index (κ3) is 4.77. The predicted octanol–water partition coefficient (Wildman–Crippen LogP) is 2.61. The Morgan fingerprint density at radius 2 is 1.70 bits per heavy atom. The maximum absolute atomic E-state index is 14.0. The summed E-state index contributed by atoms with van der Waals surface area (Å²) in [6.45, 7) is 6.43. The van der Waals surface area contributed by atoms with Gasteiger partial charge in [0, 0.05) is 32.7 Å². The highest BCUT2D eigenvalue weighted by Crippen LogP contribution is 2.20. The van der Waals surface area contributed by atoms with E-state index in [4.69, 9.17) is 4.99 Å². The number of nitrogens with zero attached hydrogens (tertiary/aromatic N) is 3. The summed E-state index contributed by atoms with van der Waals surface area (Å²) in [6, 6.07) is 14.7. The average molecular weight is 370 g/mol. The van der Waals surface area contributed by atoms with Crippen molar-refractivity contribution < 1.29 is 9.50 Å². The molecule has 0 saturated carbocycles. The van der Waals surface area contributed by atoms with Gasteiger partial charge in [-0.05, 0) is 30.2 Å². The third-order valence-corrected chi connectivity index (χ3v) is 4.80. The topological polar surface area (TPSA) is 51.1 Å². The summed E-state index contributed by atoms with van der Waals surface area (Å²) in [5.41, 5.74) is 2.60. The van der Waals surface area contributed by atoms with Crippen molar-refractivity contribution >= 4 is 11.6 Å². The fraction of sp³-hybridized carbons (Fsp3) is 0.381. The van der Waals surface area contributed by atoms with Gasteiger partial charge in [-0.2, -0.15) is 0 Å². The molecule has 0 unspecified atom stereocenters. The van der Waals surface area contributed by atoms with E-state index in [0.717, 1.165) is 49.8 Å². The minimum atomic E-state index is -0.174. The lowest BCUT2D eigenvalue weighted by molar-refractivity contribution is 0.280. The first-order valence-electron chi connectivity index (χ1n) is 9.43. The molecule has 0 aliphatic carbocycles. The summed E-state index contributed by atoms with van der Waals surface area (Å²) in [4.78, 5) is 9.05. The van der Waals surface area contributed by atoms with Crippen LogP contribution in [0.2, 0.25) is 0 Å². The predicted molar refractivity (Wildman–Crippen MR) is 107 cm³/mol. The van der Waals surface area contributed by atoms with Crippen LogP contribution in [0.4, 0.5) is 10.1 Å². The first kappa shape index (κ1) is 19.2. The van der Waals surface area contributed by atoms with E-state index in [9.17, 15) is 9.50 Å². The van der Waals surface area contributed by atoms with E-state index in [1.54, 1.807) is 6.07 Å². The van der Waals surface area contributed by atoms with E-state index < -0.39 is 0 Å². The number of anilines is 1. The molecule has 27 heavy (non-hydrogen) atoms. The zero-order valence-corrected chi connectivity index (χ0v) is 15.7. The van der Waals surface area contributed by atoms with Gasteiger partial charge in [0.05, 0.1) is 18.8 Å². The van der Waals surface area contributed by atoms with E-state index in [1.807, 2.05) is 43.3 Å². The molecule has 0 spiro atoms. The number of rotatable bonds is 5. The van der Waals surface area contributed by atoms with E-state index in [0.29, 0.717) is 12.2 Å². The van der Waals surface area contributed by atoms with Crippen LogP contribution in [0.15, 0.2) is 53.5 Å². The van der Waals surface area contributed by atoms with Crippen molar-refractivity contribution in [2.24, 2.45) is 4.99 Å². The quantitative estimate of drug-likeness (QED) is 0.628. The van der Waals surface area contributed by atoms with Crippen LogP contribution in [0.3, 0.4) is 0 Å². The highest BCUT2D eigenvalue weighted by Gasteiger charge is 2.21. The molecule has 0 radical (unpaired) electrons. The smallest absolute Gasteiger partial charge is 0.194 e. The van der Waals surface area contributed by atoms with Crippen LogP contribution in [0.25, 0.3) is 0 Å². The molecule has 144 valence electrons. The molecule has 0 aromatic heterocycles. The fourth-order valence-corrected chi connectivity index (χ4v) is 3.32. The highest BCUT2D eigenvalue weighted by molar-refractivity contribution is 5.80. The first-order valence-corrected chi connectivity index (χ1v) is 9.43. The number of piperazine rings is 1. The largest absolute Gasteiger partial charge is 0.392 e. The van der Waals surface area contributed by atoms with Crippen molar-refractivity contribution in [3.63, 3.8) is 0 Å². The van der Waals surface area contributed by atoms with Crippen LogP contribution in [0, 0.1) is 5.82 Å². The van der Waals surface area contributed by atoms with Gasteiger partial charge in [-0.15, -0.1) is 0 Å². The second-order valence-electron chi connectivity index (χ2n) is 6.52. The number of hydrogen-bond acceptors (Lipinski definition) is 3. The summed E-state index contributed by atoms with van der Waals surface area (Å²) >= 11 is 0. The summed E-state index contributed by atoms with van der Waals surface area (Å²) in [5, 5.41) is 12.8. The number of halogens is 1. The van der Waals surface area contributed by atoms with Crippen LogP contribution < -0.4 is 10.2 Å². The van der Waals surface area contributed by atoms with Crippen molar-refractivity contribution in [2.45, 2.75) is 20.1 Å². The maximum Gasteiger partial charge on any atom is 0.194 e. The molecule has 1 aliphatic heterocycles. The Hall–Kier alpha value is -2.60. The third-order valence-electron chi connectivity index (χ3n) is 4.80. The van der Waals surface area contributed by atoms with Gasteiger partial charge in [-0.3, -0.25) is 0 Å². The number of aliphatic imine (C=N–C) groups is 1. The van der Waals surface area contributed by atoms with E-state index >= 15 is 0 Å². The van der Waals surface area contributed by atoms with E-state index in [2.05, 4.69) is 15.1 Å². The maximum atomic E-state index is 14.0. The Morgan fingerprint density at radius 3 is 2.37 bits per heavy atom. The summed E-state index contributed by atoms with van der Waals surface area (Å²) in [5.74, 6) is 0.686. The monoisotopic (exact) mass is 370 g/mol. The number of guanidine groups is 1. The van der Waals surface area contributed by atoms with Crippen molar-refractivity contribution in [1.29, 1.82) is 0 Å². The SMILES string of the molecule is CCNC(=NCc1ccccc1CO)N1CCN(c2ccccc2F)CC1. The number of benzene rings is 2. The molecule has 6 heteroatoms. The highest BCUT2D eigenvalue weighted by atomic mass is 19.1. The summed E-state index contributed by atoms with van der Waals surface area (Å²) < 4.78 is 14.0. The van der Waals surface area contributed by atoms with Crippen molar-refractivity contribution in [1.82, 2.24) is 10.2 Å². The minimum absolute atomic E-state index is 0.0174. The number of aliphatic hydroxyl groups excluding tert-OH is 1. The minimum Gasteiger partial charge on any atom is -0.392 e. The Bertz CT molecular complexity index is 772. The van der Waals surface area contributed by atoms with Crippen molar-refractivity contribution in [3.8, 4) is 0 Å². The Balaban J connectivity index is 1.67. The van der Waals surface area contributed by atoms with E-state index in [1.165, 1.54) is 6.07 Å². The molecule has 1 saturated heterocycles. The van der Waals surface area contributed by atoms with Crippen LogP contribution >= 0.6 is 0 Å². The Labute approximate surface area is 160 Å². The summed E-state index contributed by atoms with van der Waals surface area (Å²) in [7, 11) is 0. The molecular formula is C21H27FN4O. The number of nitrogens with one attached hydrogen (secondary N) is 1. The molecule has 0 bridgehead atoms. The second-order valence-corrected chi connectivity index (χ2v) is 6.52. The lowest BCUT2D eigenvalue weighted by atomic mass is 10.1. The molecule has 1 fully saturated rings. The van der Waals surface area contributed by atoms with Crippen LogP contribution in [0.1, 0.15) is 18.1 Å². The molecule has 2 N–H and O–H groups in total. The molecule has 3 rings (SSSR count). The van der Waals surface area contributed by atoms with E-state index in [-0.39, 0.29) is 12.4 Å². The summed E-state index contributed by atoms with van der Waals surface area (Å²) in [6.07, 6.45) is 0. The van der Waals surface area contributed by atoms with Gasteiger partial charge in [0.15, 0.2) is 5.96 Å². The normalized spacial score (nSPS) is 15.1. The molecule has 2 aromatic rings. The van der Waals surface area contributed by atoms with Gasteiger partial charge in [-0.25, -0.2) is 9.38 Å².